The van der Waals surface area contributed by atoms with Gasteiger partial charge in [-0.1, -0.05) is 0 Å². The second-order valence-corrected chi connectivity index (χ2v) is 8.57. The molecule has 0 aliphatic carbocycles. The number of piperidine rings is 1. The molecule has 0 unspecified atom stereocenters. The zero-order valence-corrected chi connectivity index (χ0v) is 13.2. The fraction of sp³-hybridized carbons (Fsp3) is 0.750. The summed E-state index contributed by atoms with van der Waals surface area (Å²) in [5, 5.41) is 0.789. The minimum absolute atomic E-state index is 0.0299. The van der Waals surface area contributed by atoms with Crippen molar-refractivity contribution in [3.8, 4) is 0 Å². The molecule has 1 fully saturated rings. The van der Waals surface area contributed by atoms with E-state index in [0.29, 0.717) is 23.0 Å². The number of aryl methyl sites for hydroxylation is 2. The molecule has 19 heavy (non-hydrogen) atoms. The second kappa shape index (κ2) is 5.47. The first kappa shape index (κ1) is 14.9. The molecule has 1 aromatic rings. The van der Waals surface area contributed by atoms with Gasteiger partial charge in [0.05, 0.1) is 10.7 Å². The predicted octanol–water partition coefficient (Wildman–Crippen LogP) is 1.51. The van der Waals surface area contributed by atoms with Gasteiger partial charge in [-0.2, -0.15) is 4.31 Å². The summed E-state index contributed by atoms with van der Waals surface area (Å²) in [6.45, 7) is 6.64. The Morgan fingerprint density at radius 1 is 1.47 bits per heavy atom. The Hall–Kier alpha value is -0.500. The first-order chi connectivity index (χ1) is 8.82. The minimum Gasteiger partial charge on any atom is -0.328 e. The predicted molar refractivity (Wildman–Crippen MR) is 76.7 cm³/mol. The van der Waals surface area contributed by atoms with Gasteiger partial charge in [0.15, 0.2) is 4.21 Å². The number of aromatic nitrogens is 1. The highest BCUT2D eigenvalue weighted by molar-refractivity contribution is 7.91. The summed E-state index contributed by atoms with van der Waals surface area (Å²) >= 11 is 1.25. The van der Waals surface area contributed by atoms with Gasteiger partial charge in [0.1, 0.15) is 0 Å². The van der Waals surface area contributed by atoms with Gasteiger partial charge in [-0.15, -0.1) is 11.3 Å². The van der Waals surface area contributed by atoms with Crippen LogP contribution in [0.5, 0.6) is 0 Å². The number of nitrogens with zero attached hydrogens (tertiary/aromatic N) is 2. The van der Waals surface area contributed by atoms with Crippen LogP contribution in [0, 0.1) is 19.8 Å². The standard InChI is InChI=1S/C12H21N3O2S2/c1-8(13)11-5-4-6-15(7-11)19(16,17)12-9(2)14-10(3)18-12/h8,11H,4-7,13H2,1-3H3/t8-,11-/m1/s1. The Kier molecular flexibility index (Phi) is 4.29. The van der Waals surface area contributed by atoms with E-state index in [1.54, 1.807) is 11.2 Å². The SMILES string of the molecule is Cc1nc(C)c(S(=O)(=O)N2CCC[C@@H]([C@@H](C)N)C2)s1. The van der Waals surface area contributed by atoms with Crippen LogP contribution in [-0.4, -0.2) is 36.8 Å². The van der Waals surface area contributed by atoms with Crippen LogP contribution in [-0.2, 0) is 10.0 Å². The molecule has 0 radical (unpaired) electrons. The lowest BCUT2D eigenvalue weighted by molar-refractivity contribution is 0.243. The first-order valence-electron chi connectivity index (χ1n) is 6.52. The molecule has 0 amide bonds. The maximum Gasteiger partial charge on any atom is 0.254 e. The molecule has 1 aliphatic heterocycles. The zero-order chi connectivity index (χ0) is 14.2. The van der Waals surface area contributed by atoms with Crippen LogP contribution in [0.2, 0.25) is 0 Å². The largest absolute Gasteiger partial charge is 0.328 e. The molecule has 2 rings (SSSR count). The number of hydrogen-bond donors (Lipinski definition) is 1. The molecular weight excluding hydrogens is 282 g/mol. The Balaban J connectivity index is 2.27. The van der Waals surface area contributed by atoms with Crippen molar-refractivity contribution in [2.24, 2.45) is 11.7 Å². The lowest BCUT2D eigenvalue weighted by atomic mass is 9.93. The van der Waals surface area contributed by atoms with E-state index in [0.717, 1.165) is 17.8 Å². The van der Waals surface area contributed by atoms with Crippen LogP contribution in [0.15, 0.2) is 4.21 Å². The monoisotopic (exact) mass is 303 g/mol. The van der Waals surface area contributed by atoms with E-state index in [-0.39, 0.29) is 12.0 Å². The van der Waals surface area contributed by atoms with Crippen molar-refractivity contribution < 1.29 is 8.42 Å². The quantitative estimate of drug-likeness (QED) is 0.918. The third-order valence-electron chi connectivity index (χ3n) is 3.60. The van der Waals surface area contributed by atoms with Crippen LogP contribution in [0.3, 0.4) is 0 Å². The Morgan fingerprint density at radius 2 is 2.16 bits per heavy atom. The van der Waals surface area contributed by atoms with Crippen molar-refractivity contribution in [1.82, 2.24) is 9.29 Å². The van der Waals surface area contributed by atoms with Gasteiger partial charge in [0, 0.05) is 19.1 Å². The molecular formula is C12H21N3O2S2. The molecule has 1 aromatic heterocycles. The van der Waals surface area contributed by atoms with E-state index in [1.165, 1.54) is 11.3 Å². The molecule has 5 nitrogen and oxygen atoms in total. The van der Waals surface area contributed by atoms with Crippen LogP contribution in [0.1, 0.15) is 30.5 Å². The first-order valence-corrected chi connectivity index (χ1v) is 8.78. The van der Waals surface area contributed by atoms with Crippen LogP contribution in [0.4, 0.5) is 0 Å². The number of rotatable bonds is 3. The van der Waals surface area contributed by atoms with E-state index in [4.69, 9.17) is 5.73 Å². The average Bonchev–Trinajstić information content (AvgIpc) is 2.69. The fourth-order valence-electron chi connectivity index (χ4n) is 2.49. The molecule has 108 valence electrons. The van der Waals surface area contributed by atoms with Gasteiger partial charge in [-0.25, -0.2) is 13.4 Å². The summed E-state index contributed by atoms with van der Waals surface area (Å²) in [6.07, 6.45) is 1.88. The number of thiazole rings is 1. The van der Waals surface area contributed by atoms with Gasteiger partial charge in [0.2, 0.25) is 0 Å². The lowest BCUT2D eigenvalue weighted by Crippen LogP contribution is -2.44. The molecule has 2 N–H and O–H groups in total. The van der Waals surface area contributed by atoms with Crippen LogP contribution in [0.25, 0.3) is 0 Å². The van der Waals surface area contributed by atoms with Crippen molar-refractivity contribution >= 4 is 21.4 Å². The second-order valence-electron chi connectivity index (χ2n) is 5.23. The normalized spacial score (nSPS) is 23.5. The van der Waals surface area contributed by atoms with E-state index < -0.39 is 10.0 Å². The summed E-state index contributed by atoms with van der Waals surface area (Å²) in [7, 11) is -3.40. The molecule has 7 heteroatoms. The average molecular weight is 303 g/mol. The topological polar surface area (TPSA) is 76.3 Å². The van der Waals surface area contributed by atoms with Gasteiger partial charge in [-0.3, -0.25) is 0 Å². The number of sulfonamides is 1. The fourth-order valence-corrected chi connectivity index (χ4v) is 5.64. The van der Waals surface area contributed by atoms with Crippen molar-refractivity contribution in [3.05, 3.63) is 10.7 Å². The van der Waals surface area contributed by atoms with Gasteiger partial charge in [0.25, 0.3) is 10.0 Å². The van der Waals surface area contributed by atoms with E-state index in [2.05, 4.69) is 4.98 Å². The third kappa shape index (κ3) is 2.99. The van der Waals surface area contributed by atoms with Crippen LogP contribution < -0.4 is 5.73 Å². The number of nitrogens with two attached hydrogens (primary N) is 1. The molecule has 0 spiro atoms. The Labute approximate surface area is 118 Å². The highest BCUT2D eigenvalue weighted by Crippen LogP contribution is 2.30. The van der Waals surface area contributed by atoms with Crippen molar-refractivity contribution in [2.45, 2.75) is 43.9 Å². The third-order valence-corrected chi connectivity index (χ3v) is 7.12. The maximum atomic E-state index is 12.6. The highest BCUT2D eigenvalue weighted by atomic mass is 32.2. The van der Waals surface area contributed by atoms with E-state index in [1.807, 2.05) is 13.8 Å². The summed E-state index contributed by atoms with van der Waals surface area (Å²) in [5.74, 6) is 0.248. The van der Waals surface area contributed by atoms with Crippen molar-refractivity contribution in [1.29, 1.82) is 0 Å². The summed E-state index contributed by atoms with van der Waals surface area (Å²) in [5.41, 5.74) is 6.52. The van der Waals surface area contributed by atoms with Gasteiger partial charge >= 0.3 is 0 Å². The molecule has 1 aliphatic rings. The van der Waals surface area contributed by atoms with Gasteiger partial charge in [-0.05, 0) is 39.5 Å². The molecule has 1 saturated heterocycles. The highest BCUT2D eigenvalue weighted by Gasteiger charge is 2.33. The summed E-state index contributed by atoms with van der Waals surface area (Å²) in [4.78, 5) is 4.21. The Morgan fingerprint density at radius 3 is 2.68 bits per heavy atom. The maximum absolute atomic E-state index is 12.6. The number of hydrogen-bond acceptors (Lipinski definition) is 5. The molecule has 0 aromatic carbocycles. The zero-order valence-electron chi connectivity index (χ0n) is 11.6. The van der Waals surface area contributed by atoms with Crippen LogP contribution >= 0.6 is 11.3 Å². The molecule has 2 heterocycles. The van der Waals surface area contributed by atoms with E-state index in [9.17, 15) is 8.42 Å². The summed E-state index contributed by atoms with van der Waals surface area (Å²) < 4.78 is 27.2. The molecule has 2 atom stereocenters. The minimum atomic E-state index is -3.40. The summed E-state index contributed by atoms with van der Waals surface area (Å²) in [6, 6.07) is 0.0299. The Bertz CT molecular complexity index is 551. The molecule has 0 saturated carbocycles. The van der Waals surface area contributed by atoms with Gasteiger partial charge < -0.3 is 5.73 Å². The van der Waals surface area contributed by atoms with E-state index >= 15 is 0 Å². The smallest absolute Gasteiger partial charge is 0.254 e. The van der Waals surface area contributed by atoms with Crippen molar-refractivity contribution in [3.63, 3.8) is 0 Å². The lowest BCUT2D eigenvalue weighted by Gasteiger charge is -2.33. The molecule has 0 bridgehead atoms. The van der Waals surface area contributed by atoms with Crippen molar-refractivity contribution in [2.75, 3.05) is 13.1 Å².